The zero-order valence-electron chi connectivity index (χ0n) is 11.6. The molecule has 0 saturated carbocycles. The van der Waals surface area contributed by atoms with E-state index in [1.807, 2.05) is 6.92 Å². The van der Waals surface area contributed by atoms with Gasteiger partial charge in [-0.3, -0.25) is 4.79 Å². The Morgan fingerprint density at radius 1 is 1.35 bits per heavy atom. The van der Waals surface area contributed by atoms with Gasteiger partial charge in [-0.25, -0.2) is 4.39 Å². The maximum atomic E-state index is 13.4. The van der Waals surface area contributed by atoms with E-state index in [-0.39, 0.29) is 11.7 Å². The Kier molecular flexibility index (Phi) is 3.01. The highest BCUT2D eigenvalue weighted by atomic mass is 19.1. The maximum absolute atomic E-state index is 13.4. The Balaban J connectivity index is 2.33. The predicted molar refractivity (Wildman–Crippen MR) is 76.7 cm³/mol. The number of hydrogen-bond acceptors (Lipinski definition) is 3. The first-order chi connectivity index (χ1) is 9.49. The van der Waals surface area contributed by atoms with E-state index >= 15 is 0 Å². The molecule has 1 aromatic heterocycles. The molecule has 2 aromatic rings. The number of aromatic nitrogens is 1. The molecule has 20 heavy (non-hydrogen) atoms. The van der Waals surface area contributed by atoms with Crippen LogP contribution in [0, 0.1) is 12.7 Å². The topological polar surface area (TPSA) is 45.5 Å². The van der Waals surface area contributed by atoms with Gasteiger partial charge in [-0.05, 0) is 31.5 Å². The third-order valence-electron chi connectivity index (χ3n) is 4.10. The monoisotopic (exact) mass is 276 g/mol. The third-order valence-corrected chi connectivity index (χ3v) is 4.10. The number of anilines is 1. The number of nitrogens with zero attached hydrogens (tertiary/aromatic N) is 2. The van der Waals surface area contributed by atoms with Crippen LogP contribution in [0.4, 0.5) is 10.1 Å². The summed E-state index contributed by atoms with van der Waals surface area (Å²) in [4.78, 5) is 14.3. The highest BCUT2D eigenvalue weighted by molar-refractivity contribution is 5.95. The highest BCUT2D eigenvalue weighted by Crippen LogP contribution is 2.31. The van der Waals surface area contributed by atoms with Crippen molar-refractivity contribution in [2.45, 2.75) is 19.4 Å². The van der Waals surface area contributed by atoms with Crippen molar-refractivity contribution >= 4 is 16.5 Å². The van der Waals surface area contributed by atoms with Gasteiger partial charge in [-0.15, -0.1) is 0 Å². The van der Waals surface area contributed by atoms with E-state index in [2.05, 4.69) is 4.90 Å². The molecule has 1 aromatic carbocycles. The number of aliphatic hydroxyl groups excluding tert-OH is 1. The number of β-amino-alcohol motifs (C(OH)–C–C–N with tert-alkyl or cyclic N) is 1. The van der Waals surface area contributed by atoms with Gasteiger partial charge in [0.2, 0.25) is 0 Å². The SMILES string of the molecule is Cc1c(N2CC[C@H](O)C2)c2ccc(F)cc2c(=O)n1C. The van der Waals surface area contributed by atoms with Crippen LogP contribution >= 0.6 is 0 Å². The zero-order chi connectivity index (χ0) is 14.4. The molecule has 4 nitrogen and oxygen atoms in total. The largest absolute Gasteiger partial charge is 0.391 e. The first-order valence-corrected chi connectivity index (χ1v) is 6.71. The number of aliphatic hydroxyl groups is 1. The van der Waals surface area contributed by atoms with Crippen LogP contribution in [0.25, 0.3) is 10.8 Å². The van der Waals surface area contributed by atoms with E-state index < -0.39 is 5.82 Å². The summed E-state index contributed by atoms with van der Waals surface area (Å²) >= 11 is 0. The maximum Gasteiger partial charge on any atom is 0.258 e. The number of pyridine rings is 1. The lowest BCUT2D eigenvalue weighted by atomic mass is 10.1. The van der Waals surface area contributed by atoms with E-state index in [0.717, 1.165) is 23.3 Å². The van der Waals surface area contributed by atoms with Crippen LogP contribution in [0.2, 0.25) is 0 Å². The molecular formula is C15H17FN2O2. The van der Waals surface area contributed by atoms with Gasteiger partial charge in [0.15, 0.2) is 0 Å². The molecule has 3 rings (SSSR count). The van der Waals surface area contributed by atoms with Gasteiger partial charge in [0.25, 0.3) is 5.56 Å². The van der Waals surface area contributed by atoms with Gasteiger partial charge in [0.05, 0.1) is 17.2 Å². The van der Waals surface area contributed by atoms with Gasteiger partial charge in [0, 0.05) is 31.2 Å². The molecule has 1 saturated heterocycles. The first kappa shape index (κ1) is 13.1. The fourth-order valence-corrected chi connectivity index (χ4v) is 2.93. The zero-order valence-corrected chi connectivity index (χ0v) is 11.6. The van der Waals surface area contributed by atoms with E-state index in [4.69, 9.17) is 0 Å². The van der Waals surface area contributed by atoms with Crippen LogP contribution in [0.15, 0.2) is 23.0 Å². The lowest BCUT2D eigenvalue weighted by molar-refractivity contribution is 0.198. The van der Waals surface area contributed by atoms with E-state index in [9.17, 15) is 14.3 Å². The minimum absolute atomic E-state index is 0.194. The summed E-state index contributed by atoms with van der Waals surface area (Å²) in [5.41, 5.74) is 1.56. The molecule has 1 aliphatic heterocycles. The average Bonchev–Trinajstić information content (AvgIpc) is 2.84. The fourth-order valence-electron chi connectivity index (χ4n) is 2.93. The van der Waals surface area contributed by atoms with Crippen molar-refractivity contribution in [3.8, 4) is 0 Å². The number of rotatable bonds is 1. The highest BCUT2D eigenvalue weighted by Gasteiger charge is 2.25. The number of benzene rings is 1. The van der Waals surface area contributed by atoms with Crippen molar-refractivity contribution in [1.29, 1.82) is 0 Å². The van der Waals surface area contributed by atoms with Crippen molar-refractivity contribution in [2.75, 3.05) is 18.0 Å². The lowest BCUT2D eigenvalue weighted by Gasteiger charge is -2.24. The summed E-state index contributed by atoms with van der Waals surface area (Å²) < 4.78 is 15.0. The molecule has 1 aliphatic rings. The predicted octanol–water partition coefficient (Wildman–Crippen LogP) is 1.56. The molecule has 0 amide bonds. The molecule has 0 bridgehead atoms. The summed E-state index contributed by atoms with van der Waals surface area (Å²) in [5, 5.41) is 10.9. The number of hydrogen-bond donors (Lipinski definition) is 1. The summed E-state index contributed by atoms with van der Waals surface area (Å²) in [5.74, 6) is -0.411. The van der Waals surface area contributed by atoms with Crippen molar-refractivity contribution in [3.63, 3.8) is 0 Å². The second-order valence-electron chi connectivity index (χ2n) is 5.38. The smallest absolute Gasteiger partial charge is 0.258 e. The van der Waals surface area contributed by atoms with Crippen molar-refractivity contribution in [1.82, 2.24) is 4.57 Å². The van der Waals surface area contributed by atoms with Gasteiger partial charge in [-0.1, -0.05) is 0 Å². The van der Waals surface area contributed by atoms with Crippen LogP contribution in [-0.2, 0) is 7.05 Å². The quantitative estimate of drug-likeness (QED) is 0.859. The average molecular weight is 276 g/mol. The second kappa shape index (κ2) is 4.59. The summed E-state index contributed by atoms with van der Waals surface area (Å²) in [6.45, 7) is 3.17. The van der Waals surface area contributed by atoms with Crippen molar-refractivity contribution < 1.29 is 9.50 Å². The Labute approximate surface area is 116 Å². The summed E-state index contributed by atoms with van der Waals surface area (Å²) in [6, 6.07) is 4.31. The van der Waals surface area contributed by atoms with Crippen molar-refractivity contribution in [2.24, 2.45) is 7.05 Å². The molecule has 1 N–H and O–H groups in total. The van der Waals surface area contributed by atoms with E-state index in [1.54, 1.807) is 17.7 Å². The van der Waals surface area contributed by atoms with Crippen LogP contribution in [0.5, 0.6) is 0 Å². The Morgan fingerprint density at radius 2 is 2.10 bits per heavy atom. The summed E-state index contributed by atoms with van der Waals surface area (Å²) in [6.07, 6.45) is 0.368. The molecule has 1 atom stereocenters. The number of fused-ring (bicyclic) bond motifs is 1. The van der Waals surface area contributed by atoms with Crippen molar-refractivity contribution in [3.05, 3.63) is 40.1 Å². The molecule has 0 radical (unpaired) electrons. The Bertz CT molecular complexity index is 739. The van der Waals surface area contributed by atoms with Crippen LogP contribution in [-0.4, -0.2) is 28.9 Å². The normalized spacial score (nSPS) is 19.0. The van der Waals surface area contributed by atoms with Gasteiger partial charge in [-0.2, -0.15) is 0 Å². The van der Waals surface area contributed by atoms with Crippen LogP contribution in [0.3, 0.4) is 0 Å². The molecule has 0 unspecified atom stereocenters. The minimum Gasteiger partial charge on any atom is -0.391 e. The number of halogens is 1. The molecule has 0 spiro atoms. The lowest BCUT2D eigenvalue weighted by Crippen LogP contribution is -2.27. The molecule has 0 aliphatic carbocycles. The molecule has 106 valence electrons. The van der Waals surface area contributed by atoms with E-state index in [0.29, 0.717) is 18.4 Å². The Hall–Kier alpha value is -1.88. The van der Waals surface area contributed by atoms with Gasteiger partial charge < -0.3 is 14.6 Å². The summed E-state index contributed by atoms with van der Waals surface area (Å²) in [7, 11) is 1.69. The molecular weight excluding hydrogens is 259 g/mol. The van der Waals surface area contributed by atoms with Crippen LogP contribution < -0.4 is 10.5 Å². The standard InChI is InChI=1S/C15H17FN2O2/c1-9-14(18-6-5-11(19)8-18)12-4-3-10(16)7-13(12)15(20)17(9)2/h3-4,7,11,19H,5-6,8H2,1-2H3/t11-/m0/s1. The second-order valence-corrected chi connectivity index (χ2v) is 5.38. The van der Waals surface area contributed by atoms with Gasteiger partial charge >= 0.3 is 0 Å². The van der Waals surface area contributed by atoms with E-state index in [1.165, 1.54) is 12.1 Å². The van der Waals surface area contributed by atoms with Crippen LogP contribution in [0.1, 0.15) is 12.1 Å². The molecule has 5 heteroatoms. The fraction of sp³-hybridized carbons (Fsp3) is 0.400. The molecule has 1 fully saturated rings. The molecule has 2 heterocycles. The third kappa shape index (κ3) is 1.89. The Morgan fingerprint density at radius 3 is 2.75 bits per heavy atom. The first-order valence-electron chi connectivity index (χ1n) is 6.71. The van der Waals surface area contributed by atoms with Gasteiger partial charge in [0.1, 0.15) is 5.82 Å². The minimum atomic E-state index is -0.411.